The molecule has 5 nitrogen and oxygen atoms in total. The molecule has 1 atom stereocenters. The third-order valence-electron chi connectivity index (χ3n) is 5.73. The van der Waals surface area contributed by atoms with Crippen LogP contribution in [0, 0.1) is 0 Å². The smallest absolute Gasteiger partial charge is 0.291 e. The van der Waals surface area contributed by atoms with Crippen LogP contribution < -0.4 is 5.32 Å². The van der Waals surface area contributed by atoms with E-state index in [-0.39, 0.29) is 17.7 Å². The standard InChI is InChI=1S/C25H24N2O3/c28-25(21-14-9-17-29-21)26-22-19-12-5-6-13-20(19)30-24(22)23(18-10-3-1-4-11-18)27-15-7-2-8-16-27/h1,3-6,9-14,17,23H,2,7-8,15-16H2,(H,26,28). The summed E-state index contributed by atoms with van der Waals surface area (Å²) in [5.41, 5.74) is 2.64. The third kappa shape index (κ3) is 3.53. The van der Waals surface area contributed by atoms with Gasteiger partial charge in [0.15, 0.2) is 5.76 Å². The second kappa shape index (κ2) is 8.20. The fraction of sp³-hybridized carbons (Fsp3) is 0.240. The molecule has 1 fully saturated rings. The van der Waals surface area contributed by atoms with Gasteiger partial charge in [0.25, 0.3) is 5.91 Å². The third-order valence-corrected chi connectivity index (χ3v) is 5.73. The maximum Gasteiger partial charge on any atom is 0.291 e. The van der Waals surface area contributed by atoms with Gasteiger partial charge in [0, 0.05) is 5.39 Å². The van der Waals surface area contributed by atoms with Crippen LogP contribution in [-0.4, -0.2) is 23.9 Å². The van der Waals surface area contributed by atoms with E-state index >= 15 is 0 Å². The van der Waals surface area contributed by atoms with Crippen LogP contribution in [0.5, 0.6) is 0 Å². The first kappa shape index (κ1) is 18.7. The molecule has 1 saturated heterocycles. The number of benzene rings is 2. The highest BCUT2D eigenvalue weighted by Gasteiger charge is 2.31. The highest BCUT2D eigenvalue weighted by molar-refractivity contribution is 6.08. The van der Waals surface area contributed by atoms with E-state index in [1.807, 2.05) is 30.3 Å². The number of hydrogen-bond acceptors (Lipinski definition) is 4. The molecule has 30 heavy (non-hydrogen) atoms. The summed E-state index contributed by atoms with van der Waals surface area (Å²) in [5.74, 6) is 0.767. The molecule has 0 saturated carbocycles. The van der Waals surface area contributed by atoms with Crippen molar-refractivity contribution in [3.05, 3.63) is 90.1 Å². The number of fused-ring (bicyclic) bond motifs is 1. The summed E-state index contributed by atoms with van der Waals surface area (Å²) in [5, 5.41) is 3.97. The maximum atomic E-state index is 12.8. The summed E-state index contributed by atoms with van der Waals surface area (Å²) in [7, 11) is 0. The lowest BCUT2D eigenvalue weighted by atomic mass is 9.98. The Morgan fingerprint density at radius 3 is 2.43 bits per heavy atom. The SMILES string of the molecule is O=C(Nc1c(C(c2ccccc2)N2CCCCC2)oc2ccccc12)c1ccco1. The topological polar surface area (TPSA) is 58.6 Å². The van der Waals surface area contributed by atoms with Crippen molar-refractivity contribution in [1.29, 1.82) is 0 Å². The van der Waals surface area contributed by atoms with Gasteiger partial charge < -0.3 is 14.2 Å². The molecular formula is C25H24N2O3. The molecule has 2 aromatic heterocycles. The zero-order valence-electron chi connectivity index (χ0n) is 16.7. The average molecular weight is 400 g/mol. The van der Waals surface area contributed by atoms with Crippen LogP contribution in [0.15, 0.2) is 81.8 Å². The Hall–Kier alpha value is -3.31. The summed E-state index contributed by atoms with van der Waals surface area (Å²) >= 11 is 0. The first-order chi connectivity index (χ1) is 14.8. The van der Waals surface area contributed by atoms with Crippen LogP contribution in [0.25, 0.3) is 11.0 Å². The number of nitrogens with zero attached hydrogens (tertiary/aromatic N) is 1. The Labute approximate surface area is 175 Å². The minimum Gasteiger partial charge on any atom is -0.459 e. The number of para-hydroxylation sites is 1. The van der Waals surface area contributed by atoms with Crippen molar-refractivity contribution >= 4 is 22.6 Å². The van der Waals surface area contributed by atoms with E-state index in [0.29, 0.717) is 5.69 Å². The molecule has 1 amide bonds. The van der Waals surface area contributed by atoms with Gasteiger partial charge in [0.05, 0.1) is 18.0 Å². The van der Waals surface area contributed by atoms with Gasteiger partial charge in [0.2, 0.25) is 0 Å². The number of piperidine rings is 1. The Morgan fingerprint density at radius 1 is 0.900 bits per heavy atom. The van der Waals surface area contributed by atoms with Crippen LogP contribution in [0.1, 0.15) is 47.2 Å². The zero-order chi connectivity index (χ0) is 20.3. The van der Waals surface area contributed by atoms with Crippen molar-refractivity contribution in [3.8, 4) is 0 Å². The quantitative estimate of drug-likeness (QED) is 0.456. The summed E-state index contributed by atoms with van der Waals surface area (Å²) in [6.45, 7) is 2.00. The van der Waals surface area contributed by atoms with Crippen molar-refractivity contribution in [1.82, 2.24) is 4.90 Å². The van der Waals surface area contributed by atoms with Crippen LogP contribution in [-0.2, 0) is 0 Å². The molecule has 0 radical (unpaired) electrons. The van der Waals surface area contributed by atoms with Gasteiger partial charge in [0.1, 0.15) is 11.3 Å². The van der Waals surface area contributed by atoms with E-state index < -0.39 is 0 Å². The highest BCUT2D eigenvalue weighted by atomic mass is 16.3. The van der Waals surface area contributed by atoms with Gasteiger partial charge in [-0.25, -0.2) is 0 Å². The lowest BCUT2D eigenvalue weighted by Crippen LogP contribution is -2.34. The van der Waals surface area contributed by atoms with Gasteiger partial charge >= 0.3 is 0 Å². The Bertz CT molecular complexity index is 1130. The monoisotopic (exact) mass is 400 g/mol. The molecule has 0 bridgehead atoms. The Morgan fingerprint density at radius 2 is 1.67 bits per heavy atom. The number of rotatable bonds is 5. The van der Waals surface area contributed by atoms with Crippen LogP contribution in [0.2, 0.25) is 0 Å². The van der Waals surface area contributed by atoms with E-state index in [1.54, 1.807) is 12.1 Å². The molecule has 1 N–H and O–H groups in total. The number of hydrogen-bond donors (Lipinski definition) is 1. The van der Waals surface area contributed by atoms with Crippen molar-refractivity contribution < 1.29 is 13.6 Å². The predicted molar refractivity (Wildman–Crippen MR) is 117 cm³/mol. The first-order valence-corrected chi connectivity index (χ1v) is 10.5. The summed E-state index contributed by atoms with van der Waals surface area (Å²) in [4.78, 5) is 15.3. The molecule has 4 aromatic rings. The first-order valence-electron chi connectivity index (χ1n) is 10.5. The van der Waals surface area contributed by atoms with Gasteiger partial charge in [-0.05, 0) is 55.8 Å². The molecule has 3 heterocycles. The maximum absolute atomic E-state index is 12.8. The number of nitrogens with one attached hydrogen (secondary N) is 1. The molecule has 0 spiro atoms. The van der Waals surface area contributed by atoms with Crippen molar-refractivity contribution in [2.75, 3.05) is 18.4 Å². The molecule has 0 aliphatic carbocycles. The lowest BCUT2D eigenvalue weighted by molar-refractivity contribution is 0.0996. The van der Waals surface area contributed by atoms with E-state index in [0.717, 1.165) is 48.2 Å². The van der Waals surface area contributed by atoms with E-state index in [9.17, 15) is 4.79 Å². The average Bonchev–Trinajstić information content (AvgIpc) is 3.45. The lowest BCUT2D eigenvalue weighted by Gasteiger charge is -2.34. The molecule has 1 aliphatic rings. The van der Waals surface area contributed by atoms with E-state index in [1.165, 1.54) is 12.7 Å². The molecule has 5 rings (SSSR count). The second-order valence-corrected chi connectivity index (χ2v) is 7.68. The van der Waals surface area contributed by atoms with Crippen molar-refractivity contribution in [3.63, 3.8) is 0 Å². The fourth-order valence-electron chi connectivity index (χ4n) is 4.31. The molecule has 5 heteroatoms. The van der Waals surface area contributed by atoms with E-state index in [4.69, 9.17) is 8.83 Å². The number of amides is 1. The van der Waals surface area contributed by atoms with Crippen molar-refractivity contribution in [2.24, 2.45) is 0 Å². The second-order valence-electron chi connectivity index (χ2n) is 7.68. The number of furan rings is 2. The molecule has 152 valence electrons. The Kier molecular flexibility index (Phi) is 5.11. The number of carbonyl (C=O) groups is 1. The summed E-state index contributed by atoms with van der Waals surface area (Å²) < 4.78 is 11.7. The van der Waals surface area contributed by atoms with Crippen molar-refractivity contribution in [2.45, 2.75) is 25.3 Å². The van der Waals surface area contributed by atoms with Crippen LogP contribution in [0.4, 0.5) is 5.69 Å². The van der Waals surface area contributed by atoms with Gasteiger partial charge in [-0.3, -0.25) is 9.69 Å². The number of likely N-dealkylation sites (tertiary alicyclic amines) is 1. The highest BCUT2D eigenvalue weighted by Crippen LogP contribution is 2.41. The predicted octanol–water partition coefficient (Wildman–Crippen LogP) is 5.85. The largest absolute Gasteiger partial charge is 0.459 e. The molecule has 2 aromatic carbocycles. The van der Waals surface area contributed by atoms with Crippen LogP contribution >= 0.6 is 0 Å². The minimum absolute atomic E-state index is 0.0641. The number of anilines is 1. The zero-order valence-corrected chi connectivity index (χ0v) is 16.7. The van der Waals surface area contributed by atoms with Gasteiger partial charge in [-0.1, -0.05) is 48.9 Å². The van der Waals surface area contributed by atoms with Gasteiger partial charge in [-0.2, -0.15) is 0 Å². The molecule has 1 unspecified atom stereocenters. The fourth-order valence-corrected chi connectivity index (χ4v) is 4.31. The van der Waals surface area contributed by atoms with Crippen LogP contribution in [0.3, 0.4) is 0 Å². The minimum atomic E-state index is -0.279. The summed E-state index contributed by atoms with van der Waals surface area (Å²) in [6.07, 6.45) is 5.08. The molecular weight excluding hydrogens is 376 g/mol. The Balaban J connectivity index is 1.64. The van der Waals surface area contributed by atoms with Gasteiger partial charge in [-0.15, -0.1) is 0 Å². The molecule has 1 aliphatic heterocycles. The van der Waals surface area contributed by atoms with E-state index in [2.05, 4.69) is 34.5 Å². The number of carbonyl (C=O) groups excluding carboxylic acids is 1. The summed E-state index contributed by atoms with van der Waals surface area (Å²) in [6, 6.07) is 21.5. The normalized spacial score (nSPS) is 15.9.